The van der Waals surface area contributed by atoms with Crippen molar-refractivity contribution < 1.29 is 4.92 Å². The van der Waals surface area contributed by atoms with Crippen LogP contribution in [-0.4, -0.2) is 39.0 Å². The van der Waals surface area contributed by atoms with Gasteiger partial charge in [0.15, 0.2) is 0 Å². The van der Waals surface area contributed by atoms with Gasteiger partial charge in [-0.2, -0.15) is 0 Å². The largest absolute Gasteiger partial charge is 0.337 e. The standard InChI is InChI=1S/C15H18ClN5O2/c1-19-6-5-18-15(19)14-9-17-4-7-20(14)10-11-8-12(16)2-3-13(11)21(22)23/h2-3,5-6,8,14,17H,4,7,9-10H2,1H3. The number of halogens is 1. The van der Waals surface area contributed by atoms with E-state index < -0.39 is 0 Å². The van der Waals surface area contributed by atoms with Crippen molar-refractivity contribution in [1.82, 2.24) is 19.8 Å². The van der Waals surface area contributed by atoms with E-state index in [-0.39, 0.29) is 16.7 Å². The molecule has 122 valence electrons. The van der Waals surface area contributed by atoms with Crippen molar-refractivity contribution >= 4 is 17.3 Å². The Balaban J connectivity index is 1.90. The zero-order valence-corrected chi connectivity index (χ0v) is 13.5. The molecule has 2 heterocycles. The highest BCUT2D eigenvalue weighted by molar-refractivity contribution is 6.30. The van der Waals surface area contributed by atoms with E-state index in [4.69, 9.17) is 11.6 Å². The predicted molar refractivity (Wildman–Crippen MR) is 87.3 cm³/mol. The van der Waals surface area contributed by atoms with Crippen LogP contribution in [0.25, 0.3) is 0 Å². The average Bonchev–Trinajstić information content (AvgIpc) is 2.93. The highest BCUT2D eigenvalue weighted by Crippen LogP contribution is 2.28. The number of imidazole rings is 1. The molecule has 8 heteroatoms. The summed E-state index contributed by atoms with van der Waals surface area (Å²) >= 11 is 6.03. The number of nitro groups is 1. The monoisotopic (exact) mass is 335 g/mol. The van der Waals surface area contributed by atoms with Crippen LogP contribution in [0, 0.1) is 10.1 Å². The van der Waals surface area contributed by atoms with Gasteiger partial charge in [0.25, 0.3) is 5.69 Å². The lowest BCUT2D eigenvalue weighted by atomic mass is 10.1. The lowest BCUT2D eigenvalue weighted by Gasteiger charge is -2.35. The summed E-state index contributed by atoms with van der Waals surface area (Å²) in [6, 6.07) is 4.77. The van der Waals surface area contributed by atoms with E-state index >= 15 is 0 Å². The second kappa shape index (κ2) is 6.66. The highest BCUT2D eigenvalue weighted by Gasteiger charge is 2.28. The molecule has 1 aromatic heterocycles. The Hall–Kier alpha value is -1.96. The van der Waals surface area contributed by atoms with Crippen LogP contribution in [0.3, 0.4) is 0 Å². The Morgan fingerprint density at radius 1 is 1.52 bits per heavy atom. The Kier molecular flexibility index (Phi) is 4.61. The topological polar surface area (TPSA) is 76.2 Å². The van der Waals surface area contributed by atoms with Gasteiger partial charge >= 0.3 is 0 Å². The van der Waals surface area contributed by atoms with Crippen LogP contribution in [-0.2, 0) is 13.6 Å². The van der Waals surface area contributed by atoms with E-state index in [1.165, 1.54) is 6.07 Å². The molecule has 1 unspecified atom stereocenters. The number of rotatable bonds is 4. The first-order valence-electron chi connectivity index (χ1n) is 7.41. The summed E-state index contributed by atoms with van der Waals surface area (Å²) in [5.74, 6) is 0.946. The molecular formula is C15H18ClN5O2. The number of aryl methyl sites for hydroxylation is 1. The van der Waals surface area contributed by atoms with Gasteiger partial charge in [-0.1, -0.05) is 11.6 Å². The molecule has 1 aliphatic rings. The number of aromatic nitrogens is 2. The van der Waals surface area contributed by atoms with Crippen LogP contribution >= 0.6 is 11.6 Å². The second-order valence-corrected chi connectivity index (χ2v) is 6.05. The zero-order chi connectivity index (χ0) is 16.4. The van der Waals surface area contributed by atoms with Crippen molar-refractivity contribution in [3.8, 4) is 0 Å². The number of benzene rings is 1. The Morgan fingerprint density at radius 3 is 3.04 bits per heavy atom. The van der Waals surface area contributed by atoms with E-state index in [0.717, 1.165) is 25.5 Å². The van der Waals surface area contributed by atoms with Crippen LogP contribution in [0.4, 0.5) is 5.69 Å². The van der Waals surface area contributed by atoms with Gasteiger partial charge in [-0.05, 0) is 12.1 Å². The maximum absolute atomic E-state index is 11.3. The molecule has 0 saturated carbocycles. The smallest absolute Gasteiger partial charge is 0.273 e. The fourth-order valence-corrected chi connectivity index (χ4v) is 3.16. The first-order chi connectivity index (χ1) is 11.1. The van der Waals surface area contributed by atoms with Gasteiger partial charge in [0.05, 0.1) is 11.0 Å². The second-order valence-electron chi connectivity index (χ2n) is 5.62. The molecule has 1 N–H and O–H groups in total. The average molecular weight is 336 g/mol. The molecule has 7 nitrogen and oxygen atoms in total. The minimum Gasteiger partial charge on any atom is -0.337 e. The number of nitro benzene ring substituents is 1. The summed E-state index contributed by atoms with van der Waals surface area (Å²) < 4.78 is 1.98. The molecule has 1 aliphatic heterocycles. The maximum Gasteiger partial charge on any atom is 0.273 e. The van der Waals surface area contributed by atoms with Gasteiger partial charge < -0.3 is 9.88 Å². The number of nitrogens with one attached hydrogen (secondary N) is 1. The summed E-state index contributed by atoms with van der Waals surface area (Å²) in [5, 5.41) is 15.1. The zero-order valence-electron chi connectivity index (χ0n) is 12.8. The van der Waals surface area contributed by atoms with E-state index in [2.05, 4.69) is 15.2 Å². The molecule has 1 atom stereocenters. The predicted octanol–water partition coefficient (Wildman–Crippen LogP) is 2.13. The van der Waals surface area contributed by atoms with Crippen LogP contribution < -0.4 is 5.32 Å². The molecule has 1 aromatic carbocycles. The number of nitrogens with zero attached hydrogens (tertiary/aromatic N) is 4. The molecule has 23 heavy (non-hydrogen) atoms. The molecule has 0 spiro atoms. The number of hydrogen-bond acceptors (Lipinski definition) is 5. The third kappa shape index (κ3) is 3.36. The van der Waals surface area contributed by atoms with Crippen molar-refractivity contribution in [2.45, 2.75) is 12.6 Å². The lowest BCUT2D eigenvalue weighted by molar-refractivity contribution is -0.385. The van der Waals surface area contributed by atoms with E-state index in [9.17, 15) is 10.1 Å². The van der Waals surface area contributed by atoms with Crippen molar-refractivity contribution in [3.63, 3.8) is 0 Å². The Labute approximate surface area is 139 Å². The number of piperazine rings is 1. The van der Waals surface area contributed by atoms with Gasteiger partial charge in [0, 0.05) is 62.3 Å². The van der Waals surface area contributed by atoms with Crippen molar-refractivity contribution in [2.75, 3.05) is 19.6 Å². The Morgan fingerprint density at radius 2 is 2.35 bits per heavy atom. The minimum atomic E-state index is -0.358. The van der Waals surface area contributed by atoms with E-state index in [1.807, 2.05) is 17.8 Å². The van der Waals surface area contributed by atoms with Crippen LogP contribution in [0.15, 0.2) is 30.6 Å². The summed E-state index contributed by atoms with van der Waals surface area (Å²) in [5.41, 5.74) is 0.732. The summed E-state index contributed by atoms with van der Waals surface area (Å²) in [7, 11) is 1.96. The molecule has 2 aromatic rings. The highest BCUT2D eigenvalue weighted by atomic mass is 35.5. The van der Waals surface area contributed by atoms with Gasteiger partial charge in [-0.25, -0.2) is 4.98 Å². The summed E-state index contributed by atoms with van der Waals surface area (Å²) in [6.45, 7) is 2.87. The molecule has 1 fully saturated rings. The molecule has 0 bridgehead atoms. The first kappa shape index (κ1) is 15.9. The van der Waals surface area contributed by atoms with Crippen molar-refractivity contribution in [3.05, 3.63) is 57.1 Å². The van der Waals surface area contributed by atoms with Crippen molar-refractivity contribution in [1.29, 1.82) is 0 Å². The van der Waals surface area contributed by atoms with Crippen LogP contribution in [0.5, 0.6) is 0 Å². The molecule has 0 aliphatic carbocycles. The number of hydrogen-bond donors (Lipinski definition) is 1. The summed E-state index contributed by atoms with van der Waals surface area (Å²) in [4.78, 5) is 17.5. The third-order valence-corrected chi connectivity index (χ3v) is 4.36. The van der Waals surface area contributed by atoms with Crippen molar-refractivity contribution in [2.24, 2.45) is 7.05 Å². The fourth-order valence-electron chi connectivity index (χ4n) is 2.97. The fraction of sp³-hybridized carbons (Fsp3) is 0.400. The minimum absolute atomic E-state index is 0.0716. The maximum atomic E-state index is 11.3. The lowest BCUT2D eigenvalue weighted by Crippen LogP contribution is -2.46. The molecule has 0 amide bonds. The van der Waals surface area contributed by atoms with Gasteiger partial charge in [0.1, 0.15) is 5.82 Å². The normalized spacial score (nSPS) is 19.0. The van der Waals surface area contributed by atoms with Crippen LogP contribution in [0.1, 0.15) is 17.4 Å². The van der Waals surface area contributed by atoms with E-state index in [1.54, 1.807) is 18.3 Å². The first-order valence-corrected chi connectivity index (χ1v) is 7.79. The molecule has 0 radical (unpaired) electrons. The van der Waals surface area contributed by atoms with E-state index in [0.29, 0.717) is 17.1 Å². The third-order valence-electron chi connectivity index (χ3n) is 4.12. The molecular weight excluding hydrogens is 318 g/mol. The van der Waals surface area contributed by atoms with Gasteiger partial charge in [0.2, 0.25) is 0 Å². The van der Waals surface area contributed by atoms with Crippen LogP contribution in [0.2, 0.25) is 5.02 Å². The quantitative estimate of drug-likeness (QED) is 0.684. The SMILES string of the molecule is Cn1ccnc1C1CNCCN1Cc1cc(Cl)ccc1[N+](=O)[O-]. The van der Waals surface area contributed by atoms with Gasteiger partial charge in [-0.15, -0.1) is 0 Å². The Bertz CT molecular complexity index is 718. The molecule has 1 saturated heterocycles. The summed E-state index contributed by atoms with van der Waals surface area (Å²) in [6.07, 6.45) is 3.67. The molecule has 3 rings (SSSR count). The van der Waals surface area contributed by atoms with Gasteiger partial charge in [-0.3, -0.25) is 15.0 Å².